The van der Waals surface area contributed by atoms with Gasteiger partial charge in [-0.15, -0.1) is 0 Å². The van der Waals surface area contributed by atoms with E-state index in [0.717, 1.165) is 56.6 Å². The van der Waals surface area contributed by atoms with Crippen LogP contribution in [0, 0.1) is 5.92 Å². The van der Waals surface area contributed by atoms with Crippen LogP contribution in [0.5, 0.6) is 11.5 Å². The Balaban J connectivity index is 1.35. The second-order valence-electron chi connectivity index (χ2n) is 8.58. The predicted octanol–water partition coefficient (Wildman–Crippen LogP) is 3.84. The fraction of sp³-hybridized carbons (Fsp3) is 0.500. The molecule has 2 aromatic carbocycles. The summed E-state index contributed by atoms with van der Waals surface area (Å²) in [5, 5.41) is 9.53. The number of aliphatic hydroxyl groups excluding tert-OH is 1. The van der Waals surface area contributed by atoms with Crippen molar-refractivity contribution in [2.45, 2.75) is 50.0 Å². The Morgan fingerprint density at radius 3 is 2.57 bits per heavy atom. The summed E-state index contributed by atoms with van der Waals surface area (Å²) >= 11 is 0. The summed E-state index contributed by atoms with van der Waals surface area (Å²) in [7, 11) is 1.67. The molecule has 0 heterocycles. The molecule has 150 valence electrons. The summed E-state index contributed by atoms with van der Waals surface area (Å²) in [4.78, 5) is 0. The molecule has 0 amide bonds. The number of methoxy groups -OCH3 is 1. The van der Waals surface area contributed by atoms with Gasteiger partial charge in [-0.1, -0.05) is 18.2 Å². The third-order valence-corrected chi connectivity index (χ3v) is 6.54. The van der Waals surface area contributed by atoms with Gasteiger partial charge in [-0.2, -0.15) is 0 Å². The average Bonchev–Trinajstić information content (AvgIpc) is 3.15. The zero-order valence-corrected chi connectivity index (χ0v) is 16.7. The van der Waals surface area contributed by atoms with Crippen molar-refractivity contribution in [3.8, 4) is 11.5 Å². The summed E-state index contributed by atoms with van der Waals surface area (Å²) in [5.74, 6) is 2.79. The SMILES string of the molecule is COc1ccc(OCC2CCc3cc([C@H]4CC[C@](N)(CO)C4)ccc3C2)cc1. The Hall–Kier alpha value is -2.04. The van der Waals surface area contributed by atoms with Gasteiger partial charge in [0.05, 0.1) is 20.3 Å². The molecule has 2 aromatic rings. The van der Waals surface area contributed by atoms with Crippen LogP contribution in [0.15, 0.2) is 42.5 Å². The lowest BCUT2D eigenvalue weighted by Crippen LogP contribution is -2.40. The van der Waals surface area contributed by atoms with Gasteiger partial charge < -0.3 is 20.3 Å². The van der Waals surface area contributed by atoms with Crippen molar-refractivity contribution in [3.05, 3.63) is 59.2 Å². The molecule has 1 unspecified atom stereocenters. The maximum atomic E-state index is 9.53. The number of aliphatic hydroxyl groups is 1. The van der Waals surface area contributed by atoms with E-state index in [1.807, 2.05) is 24.3 Å². The van der Waals surface area contributed by atoms with Crippen LogP contribution in [0.4, 0.5) is 0 Å². The fourth-order valence-corrected chi connectivity index (χ4v) is 4.72. The first kappa shape index (κ1) is 19.3. The van der Waals surface area contributed by atoms with Crippen molar-refractivity contribution in [3.63, 3.8) is 0 Å². The van der Waals surface area contributed by atoms with Crippen molar-refractivity contribution < 1.29 is 14.6 Å². The third-order valence-electron chi connectivity index (χ3n) is 6.54. The summed E-state index contributed by atoms with van der Waals surface area (Å²) in [6.45, 7) is 0.840. The maximum Gasteiger partial charge on any atom is 0.119 e. The molecule has 4 nitrogen and oxygen atoms in total. The smallest absolute Gasteiger partial charge is 0.119 e. The van der Waals surface area contributed by atoms with Crippen molar-refractivity contribution in [1.29, 1.82) is 0 Å². The van der Waals surface area contributed by atoms with Crippen LogP contribution in [0.25, 0.3) is 0 Å². The van der Waals surface area contributed by atoms with Crippen molar-refractivity contribution in [2.24, 2.45) is 11.7 Å². The Bertz CT molecular complexity index is 804. The van der Waals surface area contributed by atoms with E-state index in [-0.39, 0.29) is 12.1 Å². The first-order chi connectivity index (χ1) is 13.6. The zero-order valence-electron chi connectivity index (χ0n) is 16.7. The van der Waals surface area contributed by atoms with Crippen molar-refractivity contribution >= 4 is 0 Å². The first-order valence-electron chi connectivity index (χ1n) is 10.4. The van der Waals surface area contributed by atoms with E-state index in [0.29, 0.717) is 11.8 Å². The van der Waals surface area contributed by atoms with Gasteiger partial charge >= 0.3 is 0 Å². The van der Waals surface area contributed by atoms with Crippen molar-refractivity contribution in [1.82, 2.24) is 0 Å². The molecule has 2 aliphatic rings. The highest BCUT2D eigenvalue weighted by atomic mass is 16.5. The van der Waals surface area contributed by atoms with Crippen LogP contribution in [0.2, 0.25) is 0 Å². The lowest BCUT2D eigenvalue weighted by atomic mass is 9.82. The zero-order chi connectivity index (χ0) is 19.6. The third kappa shape index (κ3) is 4.18. The van der Waals surface area contributed by atoms with Gasteiger partial charge in [0, 0.05) is 5.54 Å². The molecule has 3 N–H and O–H groups in total. The summed E-state index contributed by atoms with van der Waals surface area (Å²) in [6.07, 6.45) is 6.23. The number of benzene rings is 2. The molecule has 4 rings (SSSR count). The Morgan fingerprint density at radius 2 is 1.86 bits per heavy atom. The molecular weight excluding hydrogens is 350 g/mol. The van der Waals surface area contributed by atoms with Gasteiger partial charge in [0.1, 0.15) is 11.5 Å². The first-order valence-corrected chi connectivity index (χ1v) is 10.4. The molecule has 0 aromatic heterocycles. The lowest BCUT2D eigenvalue weighted by Gasteiger charge is -2.26. The van der Waals surface area contributed by atoms with Crippen LogP contribution in [-0.2, 0) is 12.8 Å². The topological polar surface area (TPSA) is 64.7 Å². The fourth-order valence-electron chi connectivity index (χ4n) is 4.72. The maximum absolute atomic E-state index is 9.53. The van der Waals surface area contributed by atoms with Crippen LogP contribution >= 0.6 is 0 Å². The minimum absolute atomic E-state index is 0.0876. The largest absolute Gasteiger partial charge is 0.497 e. The molecule has 0 saturated heterocycles. The van der Waals surface area contributed by atoms with E-state index < -0.39 is 0 Å². The van der Waals surface area contributed by atoms with Crippen LogP contribution in [0.1, 0.15) is 48.3 Å². The minimum atomic E-state index is -0.384. The highest BCUT2D eigenvalue weighted by molar-refractivity contribution is 5.37. The molecule has 0 radical (unpaired) electrons. The highest BCUT2D eigenvalue weighted by Crippen LogP contribution is 2.40. The number of fused-ring (bicyclic) bond motifs is 1. The normalized spacial score (nSPS) is 26.7. The Labute approximate surface area is 167 Å². The van der Waals surface area contributed by atoms with Gasteiger partial charge in [0.2, 0.25) is 0 Å². The highest BCUT2D eigenvalue weighted by Gasteiger charge is 2.36. The molecule has 1 saturated carbocycles. The monoisotopic (exact) mass is 381 g/mol. The number of aryl methyl sites for hydroxylation is 1. The van der Waals surface area contributed by atoms with Crippen LogP contribution < -0.4 is 15.2 Å². The molecule has 3 atom stereocenters. The minimum Gasteiger partial charge on any atom is -0.497 e. The van der Waals surface area contributed by atoms with Gasteiger partial charge in [0.25, 0.3) is 0 Å². The van der Waals surface area contributed by atoms with E-state index in [1.165, 1.54) is 16.7 Å². The predicted molar refractivity (Wildman–Crippen MR) is 111 cm³/mol. The van der Waals surface area contributed by atoms with Gasteiger partial charge in [-0.05, 0) is 91.3 Å². The molecule has 1 fully saturated rings. The molecule has 0 bridgehead atoms. The van der Waals surface area contributed by atoms with E-state index >= 15 is 0 Å². The molecular formula is C24H31NO3. The van der Waals surface area contributed by atoms with Crippen LogP contribution in [-0.4, -0.2) is 31.0 Å². The molecule has 0 spiro atoms. The second-order valence-corrected chi connectivity index (χ2v) is 8.58. The quantitative estimate of drug-likeness (QED) is 0.798. The number of nitrogens with two attached hydrogens (primary N) is 1. The Kier molecular flexibility index (Phi) is 5.61. The van der Waals surface area contributed by atoms with E-state index in [2.05, 4.69) is 18.2 Å². The number of ether oxygens (including phenoxy) is 2. The number of hydrogen-bond acceptors (Lipinski definition) is 4. The summed E-state index contributed by atoms with van der Waals surface area (Å²) in [5.41, 5.74) is 10.2. The van der Waals surface area contributed by atoms with Gasteiger partial charge in [-0.3, -0.25) is 0 Å². The summed E-state index contributed by atoms with van der Waals surface area (Å²) < 4.78 is 11.2. The Morgan fingerprint density at radius 1 is 1.07 bits per heavy atom. The van der Waals surface area contributed by atoms with E-state index in [4.69, 9.17) is 15.2 Å². The molecule has 0 aliphatic heterocycles. The van der Waals surface area contributed by atoms with Gasteiger partial charge in [0.15, 0.2) is 0 Å². The molecule has 2 aliphatic carbocycles. The second kappa shape index (κ2) is 8.14. The van der Waals surface area contributed by atoms with Gasteiger partial charge in [-0.25, -0.2) is 0 Å². The molecule has 4 heteroatoms. The standard InChI is InChI=1S/C24H31NO3/c1-27-22-6-8-23(9-7-22)28-15-17-2-3-19-13-20(5-4-18(19)12-17)21-10-11-24(25,14-21)16-26/h4-9,13,17,21,26H,2-3,10-12,14-16,25H2,1H3/t17?,21-,24+/m0/s1. The van der Waals surface area contributed by atoms with E-state index in [9.17, 15) is 5.11 Å². The number of rotatable bonds is 6. The lowest BCUT2D eigenvalue weighted by molar-refractivity contribution is 0.198. The average molecular weight is 382 g/mol. The van der Waals surface area contributed by atoms with Crippen LogP contribution in [0.3, 0.4) is 0 Å². The molecule has 28 heavy (non-hydrogen) atoms. The number of hydrogen-bond donors (Lipinski definition) is 2. The van der Waals surface area contributed by atoms with Crippen molar-refractivity contribution in [2.75, 3.05) is 20.3 Å². The van der Waals surface area contributed by atoms with E-state index in [1.54, 1.807) is 7.11 Å². The summed E-state index contributed by atoms with van der Waals surface area (Å²) in [6, 6.07) is 14.8.